The van der Waals surface area contributed by atoms with Crippen molar-refractivity contribution in [2.24, 2.45) is 0 Å². The maximum atomic E-state index is 6.03. The molecule has 0 N–H and O–H groups in total. The van der Waals surface area contributed by atoms with Gasteiger partial charge in [0.1, 0.15) is 29.6 Å². The molecular weight excluding hydrogens is 268 g/mol. The summed E-state index contributed by atoms with van der Waals surface area (Å²) < 4.78 is 22.4. The van der Waals surface area contributed by atoms with E-state index in [1.165, 1.54) is 5.56 Å². The largest absolute Gasteiger partial charge is 0.496 e. The summed E-state index contributed by atoms with van der Waals surface area (Å²) >= 11 is 0. The zero-order chi connectivity index (χ0) is 14.8. The first-order valence-corrected chi connectivity index (χ1v) is 6.83. The lowest BCUT2D eigenvalue weighted by molar-refractivity contribution is 0.161. The maximum Gasteiger partial charge on any atom is 0.165 e. The zero-order valence-corrected chi connectivity index (χ0v) is 12.4. The molecule has 0 radical (unpaired) electrons. The summed E-state index contributed by atoms with van der Waals surface area (Å²) in [6, 6.07) is 11.7. The maximum absolute atomic E-state index is 6.03. The molecule has 2 aromatic rings. The van der Waals surface area contributed by atoms with Crippen LogP contribution in [0, 0.1) is 6.92 Å². The third-order valence-electron chi connectivity index (χ3n) is 3.54. The van der Waals surface area contributed by atoms with Crippen LogP contribution in [0.15, 0.2) is 36.4 Å². The zero-order valence-electron chi connectivity index (χ0n) is 12.4. The monoisotopic (exact) mass is 286 g/mol. The van der Waals surface area contributed by atoms with Crippen molar-refractivity contribution in [2.45, 2.75) is 13.0 Å². The Balaban J connectivity index is 1.90. The first-order chi connectivity index (χ1) is 10.2. The smallest absolute Gasteiger partial charge is 0.165 e. The summed E-state index contributed by atoms with van der Waals surface area (Å²) in [7, 11) is 3.26. The summed E-state index contributed by atoms with van der Waals surface area (Å²) in [5.74, 6) is 3.00. The van der Waals surface area contributed by atoms with Crippen LogP contribution in [0.5, 0.6) is 23.0 Å². The van der Waals surface area contributed by atoms with Gasteiger partial charge in [0.2, 0.25) is 0 Å². The van der Waals surface area contributed by atoms with Crippen molar-refractivity contribution < 1.29 is 18.9 Å². The summed E-state index contributed by atoms with van der Waals surface area (Å²) in [6.45, 7) is 2.51. The number of benzene rings is 2. The molecule has 4 nitrogen and oxygen atoms in total. The van der Waals surface area contributed by atoms with Crippen LogP contribution in [-0.2, 0) is 0 Å². The highest BCUT2D eigenvalue weighted by molar-refractivity contribution is 5.54. The van der Waals surface area contributed by atoms with E-state index in [0.717, 1.165) is 22.8 Å². The highest BCUT2D eigenvalue weighted by Crippen LogP contribution is 2.44. The van der Waals surface area contributed by atoms with E-state index in [0.29, 0.717) is 12.4 Å². The fourth-order valence-electron chi connectivity index (χ4n) is 2.42. The van der Waals surface area contributed by atoms with Crippen molar-refractivity contribution in [3.8, 4) is 23.0 Å². The van der Waals surface area contributed by atoms with Crippen molar-refractivity contribution in [3.63, 3.8) is 0 Å². The molecule has 0 aliphatic carbocycles. The Morgan fingerprint density at radius 3 is 2.43 bits per heavy atom. The van der Waals surface area contributed by atoms with Crippen molar-refractivity contribution >= 4 is 0 Å². The molecule has 0 amide bonds. The molecule has 0 bridgehead atoms. The predicted octanol–water partition coefficient (Wildman–Crippen LogP) is 3.52. The van der Waals surface area contributed by atoms with Gasteiger partial charge < -0.3 is 18.9 Å². The van der Waals surface area contributed by atoms with Crippen LogP contribution in [0.1, 0.15) is 17.2 Å². The molecule has 3 rings (SSSR count). The highest BCUT2D eigenvalue weighted by Gasteiger charge is 2.30. The number of methoxy groups -OCH3 is 2. The third-order valence-corrected chi connectivity index (χ3v) is 3.54. The van der Waals surface area contributed by atoms with Crippen LogP contribution in [0.3, 0.4) is 0 Å². The topological polar surface area (TPSA) is 36.9 Å². The lowest BCUT2D eigenvalue weighted by Gasteiger charge is -2.15. The molecule has 1 atom stereocenters. The number of hydrogen-bond acceptors (Lipinski definition) is 4. The minimum absolute atomic E-state index is 0.177. The Labute approximate surface area is 124 Å². The molecule has 1 unspecified atom stereocenters. The Morgan fingerprint density at radius 1 is 1.00 bits per heavy atom. The van der Waals surface area contributed by atoms with Gasteiger partial charge in [-0.15, -0.1) is 0 Å². The van der Waals surface area contributed by atoms with E-state index in [-0.39, 0.29) is 6.10 Å². The first kappa shape index (κ1) is 13.6. The van der Waals surface area contributed by atoms with Crippen molar-refractivity contribution in [2.75, 3.05) is 20.8 Å². The number of rotatable bonds is 4. The second kappa shape index (κ2) is 5.56. The van der Waals surface area contributed by atoms with Crippen molar-refractivity contribution in [1.82, 2.24) is 0 Å². The van der Waals surface area contributed by atoms with Gasteiger partial charge in [-0.1, -0.05) is 17.7 Å². The minimum Gasteiger partial charge on any atom is -0.496 e. The average Bonchev–Trinajstić information content (AvgIpc) is 2.91. The second-order valence-corrected chi connectivity index (χ2v) is 4.97. The molecule has 0 saturated heterocycles. The van der Waals surface area contributed by atoms with E-state index in [1.54, 1.807) is 14.2 Å². The van der Waals surface area contributed by atoms with Crippen LogP contribution >= 0.6 is 0 Å². The molecule has 0 aromatic heterocycles. The van der Waals surface area contributed by atoms with Gasteiger partial charge in [-0.25, -0.2) is 0 Å². The molecule has 0 fully saturated rings. The van der Waals surface area contributed by atoms with E-state index in [9.17, 15) is 0 Å². The molecule has 1 heterocycles. The Kier molecular flexibility index (Phi) is 3.60. The van der Waals surface area contributed by atoms with Gasteiger partial charge in [0.15, 0.2) is 6.10 Å². The van der Waals surface area contributed by atoms with Crippen molar-refractivity contribution in [1.29, 1.82) is 0 Å². The van der Waals surface area contributed by atoms with Crippen molar-refractivity contribution in [3.05, 3.63) is 47.5 Å². The van der Waals surface area contributed by atoms with Gasteiger partial charge in [-0.2, -0.15) is 0 Å². The number of fused-ring (bicyclic) bond motifs is 1. The first-order valence-electron chi connectivity index (χ1n) is 6.83. The van der Waals surface area contributed by atoms with Crippen LogP contribution in [0.4, 0.5) is 0 Å². The average molecular weight is 286 g/mol. The standard InChI is InChI=1S/C17H18O4/c1-11-4-6-12(7-5-11)21-16-10-20-15-9-13(18-2)8-14(19-3)17(15)16/h4-9,16H,10H2,1-3H3. The molecule has 110 valence electrons. The fraction of sp³-hybridized carbons (Fsp3) is 0.294. The SMILES string of the molecule is COc1cc(OC)c2c(c1)OCC2Oc1ccc(C)cc1. The molecule has 1 aliphatic rings. The van der Waals surface area contributed by atoms with Crippen LogP contribution < -0.4 is 18.9 Å². The number of hydrogen-bond donors (Lipinski definition) is 0. The Morgan fingerprint density at radius 2 is 1.76 bits per heavy atom. The highest BCUT2D eigenvalue weighted by atomic mass is 16.6. The van der Waals surface area contributed by atoms with E-state index in [1.807, 2.05) is 43.3 Å². The normalized spacial score (nSPS) is 16.0. The van der Waals surface area contributed by atoms with Gasteiger partial charge in [0.05, 0.1) is 19.8 Å². The predicted molar refractivity (Wildman–Crippen MR) is 79.6 cm³/mol. The molecule has 0 spiro atoms. The number of aryl methyl sites for hydroxylation is 1. The van der Waals surface area contributed by atoms with E-state index in [2.05, 4.69) is 0 Å². The molecule has 4 heteroatoms. The quantitative estimate of drug-likeness (QED) is 0.861. The minimum atomic E-state index is -0.177. The van der Waals surface area contributed by atoms with E-state index in [4.69, 9.17) is 18.9 Å². The Hall–Kier alpha value is -2.36. The molecule has 21 heavy (non-hydrogen) atoms. The van der Waals surface area contributed by atoms with Crippen LogP contribution in [-0.4, -0.2) is 20.8 Å². The lowest BCUT2D eigenvalue weighted by atomic mass is 10.1. The summed E-state index contributed by atoms with van der Waals surface area (Å²) in [4.78, 5) is 0. The summed E-state index contributed by atoms with van der Waals surface area (Å²) in [6.07, 6.45) is -0.177. The lowest BCUT2D eigenvalue weighted by Crippen LogP contribution is -2.09. The van der Waals surface area contributed by atoms with Gasteiger partial charge in [0.25, 0.3) is 0 Å². The van der Waals surface area contributed by atoms with Gasteiger partial charge in [0, 0.05) is 12.1 Å². The second-order valence-electron chi connectivity index (χ2n) is 4.97. The van der Waals surface area contributed by atoms with Gasteiger partial charge in [-0.05, 0) is 19.1 Å². The molecule has 2 aromatic carbocycles. The van der Waals surface area contributed by atoms with Crippen LogP contribution in [0.2, 0.25) is 0 Å². The van der Waals surface area contributed by atoms with Gasteiger partial charge >= 0.3 is 0 Å². The fourth-order valence-corrected chi connectivity index (χ4v) is 2.42. The molecule has 1 aliphatic heterocycles. The Bertz CT molecular complexity index is 634. The third kappa shape index (κ3) is 2.61. The van der Waals surface area contributed by atoms with E-state index >= 15 is 0 Å². The molecule has 0 saturated carbocycles. The van der Waals surface area contributed by atoms with Gasteiger partial charge in [-0.3, -0.25) is 0 Å². The number of ether oxygens (including phenoxy) is 4. The summed E-state index contributed by atoms with van der Waals surface area (Å²) in [5, 5.41) is 0. The summed E-state index contributed by atoms with van der Waals surface area (Å²) in [5.41, 5.74) is 2.13. The van der Waals surface area contributed by atoms with E-state index < -0.39 is 0 Å². The molecular formula is C17H18O4. The van der Waals surface area contributed by atoms with Crippen LogP contribution in [0.25, 0.3) is 0 Å².